The first kappa shape index (κ1) is 16.5. The lowest BCUT2D eigenvalue weighted by atomic mass is 10.0. The van der Waals surface area contributed by atoms with Gasteiger partial charge in [-0.2, -0.15) is 0 Å². The molecule has 3 aromatic rings. The molecule has 1 amide bonds. The molecule has 1 aliphatic heterocycles. The topological polar surface area (TPSA) is 54.5 Å². The average Bonchev–Trinajstić information content (AvgIpc) is 2.73. The van der Waals surface area contributed by atoms with E-state index in [1.807, 2.05) is 59.5 Å². The number of carbonyl (C=O) groups excluding carboxylic acids is 1. The Bertz CT molecular complexity index is 919. The number of methoxy groups -OCH3 is 1. The second kappa shape index (κ2) is 7.14. The van der Waals surface area contributed by atoms with Crippen LogP contribution < -0.4 is 10.1 Å². The molecule has 1 aromatic heterocycles. The van der Waals surface area contributed by atoms with E-state index in [0.29, 0.717) is 12.2 Å². The lowest BCUT2D eigenvalue weighted by Crippen LogP contribution is -2.48. The first-order chi connectivity index (χ1) is 12.8. The molecule has 1 saturated heterocycles. The van der Waals surface area contributed by atoms with Gasteiger partial charge in [-0.05, 0) is 29.1 Å². The van der Waals surface area contributed by atoms with Crippen LogP contribution >= 0.6 is 0 Å². The van der Waals surface area contributed by atoms with Gasteiger partial charge < -0.3 is 15.0 Å². The van der Waals surface area contributed by atoms with Crippen LogP contribution in [0.1, 0.15) is 22.1 Å². The van der Waals surface area contributed by atoms with Gasteiger partial charge in [-0.3, -0.25) is 9.78 Å². The van der Waals surface area contributed by atoms with Crippen molar-refractivity contribution >= 4 is 16.7 Å². The minimum atomic E-state index is -0.0251. The van der Waals surface area contributed by atoms with Crippen LogP contribution in [-0.4, -0.2) is 42.5 Å². The van der Waals surface area contributed by atoms with Crippen molar-refractivity contribution in [3.63, 3.8) is 0 Å². The quantitative estimate of drug-likeness (QED) is 0.791. The second-order valence-electron chi connectivity index (χ2n) is 6.37. The lowest BCUT2D eigenvalue weighted by molar-refractivity contribution is 0.0630. The number of hydrogen-bond acceptors (Lipinski definition) is 4. The van der Waals surface area contributed by atoms with Gasteiger partial charge in [-0.1, -0.05) is 36.4 Å². The maximum atomic E-state index is 13.3. The number of rotatable bonds is 3. The predicted octanol–water partition coefficient (Wildman–Crippen LogP) is 3.03. The van der Waals surface area contributed by atoms with Crippen molar-refractivity contribution in [2.45, 2.75) is 6.04 Å². The second-order valence-corrected chi connectivity index (χ2v) is 6.37. The highest BCUT2D eigenvalue weighted by molar-refractivity contribution is 6.05. The van der Waals surface area contributed by atoms with Crippen LogP contribution in [-0.2, 0) is 0 Å². The largest absolute Gasteiger partial charge is 0.497 e. The molecule has 132 valence electrons. The van der Waals surface area contributed by atoms with Gasteiger partial charge in [0.1, 0.15) is 11.4 Å². The minimum Gasteiger partial charge on any atom is -0.497 e. The van der Waals surface area contributed by atoms with Crippen LogP contribution in [0.15, 0.2) is 60.8 Å². The highest BCUT2D eigenvalue weighted by atomic mass is 16.5. The van der Waals surface area contributed by atoms with Gasteiger partial charge in [-0.25, -0.2) is 0 Å². The highest BCUT2D eigenvalue weighted by Crippen LogP contribution is 2.27. The van der Waals surface area contributed by atoms with Crippen molar-refractivity contribution in [1.82, 2.24) is 15.2 Å². The zero-order chi connectivity index (χ0) is 17.9. The van der Waals surface area contributed by atoms with Crippen LogP contribution in [0.3, 0.4) is 0 Å². The lowest BCUT2D eigenvalue weighted by Gasteiger charge is -2.36. The van der Waals surface area contributed by atoms with Crippen LogP contribution in [0.2, 0.25) is 0 Å². The van der Waals surface area contributed by atoms with Crippen molar-refractivity contribution in [3.05, 3.63) is 72.1 Å². The van der Waals surface area contributed by atoms with E-state index in [4.69, 9.17) is 4.74 Å². The van der Waals surface area contributed by atoms with Crippen molar-refractivity contribution in [1.29, 1.82) is 0 Å². The summed E-state index contributed by atoms with van der Waals surface area (Å²) < 4.78 is 5.24. The van der Waals surface area contributed by atoms with Crippen LogP contribution in [0, 0.1) is 0 Å². The van der Waals surface area contributed by atoms with E-state index in [1.165, 1.54) is 0 Å². The fraction of sp³-hybridized carbons (Fsp3) is 0.238. The predicted molar refractivity (Wildman–Crippen MR) is 101 cm³/mol. The molecule has 1 fully saturated rings. The summed E-state index contributed by atoms with van der Waals surface area (Å²) in [4.78, 5) is 19.7. The summed E-state index contributed by atoms with van der Waals surface area (Å²) in [6.45, 7) is 2.16. The maximum Gasteiger partial charge on any atom is 0.273 e. The number of nitrogens with zero attached hydrogens (tertiary/aromatic N) is 2. The number of benzene rings is 2. The van der Waals surface area contributed by atoms with Gasteiger partial charge in [0.15, 0.2) is 0 Å². The molecule has 4 rings (SSSR count). The maximum absolute atomic E-state index is 13.3. The Kier molecular flexibility index (Phi) is 4.54. The first-order valence-corrected chi connectivity index (χ1v) is 8.77. The van der Waals surface area contributed by atoms with E-state index in [2.05, 4.69) is 10.3 Å². The van der Waals surface area contributed by atoms with E-state index < -0.39 is 0 Å². The number of piperazine rings is 1. The normalized spacial score (nSPS) is 17.3. The number of nitrogens with one attached hydrogen (secondary N) is 1. The summed E-state index contributed by atoms with van der Waals surface area (Å²) in [5, 5.41) is 5.31. The van der Waals surface area contributed by atoms with Crippen LogP contribution in [0.25, 0.3) is 10.8 Å². The molecule has 0 spiro atoms. The third-order valence-corrected chi connectivity index (χ3v) is 4.88. The minimum absolute atomic E-state index is 0.0240. The summed E-state index contributed by atoms with van der Waals surface area (Å²) in [6.07, 6.45) is 1.71. The molecular weight excluding hydrogens is 326 g/mol. The SMILES string of the molecule is COc1ccc([C@H]2CNCCN2C(=O)c2nccc3ccccc23)cc1. The zero-order valence-electron chi connectivity index (χ0n) is 14.7. The molecule has 0 unspecified atom stereocenters. The van der Waals surface area contributed by atoms with E-state index >= 15 is 0 Å². The molecule has 0 aliphatic carbocycles. The Morgan fingerprint density at radius 1 is 1.15 bits per heavy atom. The van der Waals surface area contributed by atoms with Crippen LogP contribution in [0.4, 0.5) is 0 Å². The standard InChI is InChI=1S/C21H21N3O2/c1-26-17-8-6-16(7-9-17)19-14-22-12-13-24(19)21(25)20-18-5-3-2-4-15(18)10-11-23-20/h2-11,19,22H,12-14H2,1H3/t19-/m1/s1. The molecule has 0 radical (unpaired) electrons. The van der Waals surface area contributed by atoms with E-state index in [1.54, 1.807) is 13.3 Å². The monoisotopic (exact) mass is 347 g/mol. The van der Waals surface area contributed by atoms with Gasteiger partial charge in [0, 0.05) is 31.2 Å². The Morgan fingerprint density at radius 2 is 1.96 bits per heavy atom. The van der Waals surface area contributed by atoms with Gasteiger partial charge in [0.2, 0.25) is 0 Å². The number of hydrogen-bond donors (Lipinski definition) is 1. The number of pyridine rings is 1. The Morgan fingerprint density at radius 3 is 2.77 bits per heavy atom. The fourth-order valence-electron chi connectivity index (χ4n) is 3.50. The van der Waals surface area contributed by atoms with E-state index in [-0.39, 0.29) is 11.9 Å². The van der Waals surface area contributed by atoms with Crippen molar-refractivity contribution in [3.8, 4) is 5.75 Å². The Balaban J connectivity index is 1.70. The van der Waals surface area contributed by atoms with Crippen molar-refractivity contribution in [2.75, 3.05) is 26.7 Å². The van der Waals surface area contributed by atoms with Gasteiger partial charge >= 0.3 is 0 Å². The molecular formula is C21H21N3O2. The van der Waals surface area contributed by atoms with Gasteiger partial charge in [0.05, 0.1) is 13.2 Å². The van der Waals surface area contributed by atoms with E-state index in [9.17, 15) is 4.79 Å². The number of amides is 1. The summed E-state index contributed by atoms with van der Waals surface area (Å²) in [5.74, 6) is 0.787. The van der Waals surface area contributed by atoms with Crippen molar-refractivity contribution < 1.29 is 9.53 Å². The van der Waals surface area contributed by atoms with E-state index in [0.717, 1.165) is 35.2 Å². The fourth-order valence-corrected chi connectivity index (χ4v) is 3.50. The number of carbonyl (C=O) groups is 1. The third kappa shape index (κ3) is 3.02. The number of fused-ring (bicyclic) bond motifs is 1. The zero-order valence-corrected chi connectivity index (χ0v) is 14.7. The molecule has 1 aliphatic rings. The summed E-state index contributed by atoms with van der Waals surface area (Å²) in [5.41, 5.74) is 1.61. The molecule has 1 atom stereocenters. The summed E-state index contributed by atoms with van der Waals surface area (Å²) in [7, 11) is 1.65. The highest BCUT2D eigenvalue weighted by Gasteiger charge is 2.30. The molecule has 2 aromatic carbocycles. The molecule has 5 heteroatoms. The molecule has 0 saturated carbocycles. The van der Waals surface area contributed by atoms with Crippen molar-refractivity contribution in [2.24, 2.45) is 0 Å². The average molecular weight is 347 g/mol. The molecule has 5 nitrogen and oxygen atoms in total. The number of ether oxygens (including phenoxy) is 1. The molecule has 2 heterocycles. The smallest absolute Gasteiger partial charge is 0.273 e. The third-order valence-electron chi connectivity index (χ3n) is 4.88. The molecule has 1 N–H and O–H groups in total. The summed E-state index contributed by atoms with van der Waals surface area (Å²) >= 11 is 0. The molecule has 0 bridgehead atoms. The number of aromatic nitrogens is 1. The summed E-state index contributed by atoms with van der Waals surface area (Å²) in [6, 6.07) is 17.7. The Hall–Kier alpha value is -2.92. The first-order valence-electron chi connectivity index (χ1n) is 8.77. The Labute approximate surface area is 152 Å². The van der Waals surface area contributed by atoms with Gasteiger partial charge in [-0.15, -0.1) is 0 Å². The molecule has 26 heavy (non-hydrogen) atoms. The van der Waals surface area contributed by atoms with Gasteiger partial charge in [0.25, 0.3) is 5.91 Å². The van der Waals surface area contributed by atoms with Crippen LogP contribution in [0.5, 0.6) is 5.75 Å².